The molecule has 0 radical (unpaired) electrons. The van der Waals surface area contributed by atoms with Crippen LogP contribution in [0.5, 0.6) is 11.5 Å². The molecule has 0 N–H and O–H groups in total. The predicted octanol–water partition coefficient (Wildman–Crippen LogP) is 12.3. The fourth-order valence-electron chi connectivity index (χ4n) is 7.17. The van der Waals surface area contributed by atoms with Crippen molar-refractivity contribution >= 4 is 21.5 Å². The Morgan fingerprint density at radius 2 is 0.863 bits per heavy atom. The molecule has 0 fully saturated rings. The molecule has 0 amide bonds. The van der Waals surface area contributed by atoms with Crippen molar-refractivity contribution in [3.8, 4) is 79.0 Å². The number of aromatic nitrogens is 3. The van der Waals surface area contributed by atoms with Crippen LogP contribution in [-0.4, -0.2) is 15.0 Å². The summed E-state index contributed by atoms with van der Waals surface area (Å²) in [7, 11) is 0. The molecule has 1 aromatic heterocycles. The zero-order valence-corrected chi connectivity index (χ0v) is 27.5. The van der Waals surface area contributed by atoms with E-state index in [1.54, 1.807) is 0 Å². The van der Waals surface area contributed by atoms with Crippen LogP contribution in [-0.2, 0) is 0 Å². The van der Waals surface area contributed by atoms with E-state index in [1.807, 2.05) is 48.5 Å². The van der Waals surface area contributed by atoms with Crippen molar-refractivity contribution in [1.82, 2.24) is 15.0 Å². The highest BCUT2D eigenvalue weighted by Crippen LogP contribution is 2.49. The van der Waals surface area contributed by atoms with Crippen molar-refractivity contribution in [1.29, 1.82) is 0 Å². The van der Waals surface area contributed by atoms with Gasteiger partial charge in [-0.1, -0.05) is 140 Å². The Morgan fingerprint density at radius 1 is 0.314 bits per heavy atom. The first-order valence-corrected chi connectivity index (χ1v) is 17.1. The van der Waals surface area contributed by atoms with Gasteiger partial charge in [-0.05, 0) is 80.4 Å². The van der Waals surface area contributed by atoms with Gasteiger partial charge in [0, 0.05) is 27.6 Å². The third kappa shape index (κ3) is 5.13. The summed E-state index contributed by atoms with van der Waals surface area (Å²) in [4.78, 5) is 15.3. The second-order valence-electron chi connectivity index (χ2n) is 12.8. The van der Waals surface area contributed by atoms with Gasteiger partial charge in [0.2, 0.25) is 0 Å². The summed E-state index contributed by atoms with van der Waals surface area (Å²) in [6.45, 7) is 0. The van der Waals surface area contributed by atoms with E-state index in [9.17, 15) is 0 Å². The quantitative estimate of drug-likeness (QED) is 0.186. The number of ether oxygens (including phenoxy) is 1. The molecule has 8 aromatic carbocycles. The molecule has 0 saturated heterocycles. The molecule has 0 unspecified atom stereocenters. The Morgan fingerprint density at radius 3 is 1.57 bits per heavy atom. The van der Waals surface area contributed by atoms with Crippen LogP contribution in [0.3, 0.4) is 0 Å². The van der Waals surface area contributed by atoms with Crippen LogP contribution in [0, 0.1) is 0 Å². The van der Waals surface area contributed by atoms with Crippen molar-refractivity contribution in [2.24, 2.45) is 0 Å². The molecule has 0 bridgehead atoms. The van der Waals surface area contributed by atoms with Crippen molar-refractivity contribution in [2.45, 2.75) is 0 Å². The Balaban J connectivity index is 1.11. The molecule has 0 saturated carbocycles. The third-order valence-electron chi connectivity index (χ3n) is 9.72. The average molecular weight is 652 g/mol. The van der Waals surface area contributed by atoms with Crippen LogP contribution in [0.25, 0.3) is 89.1 Å². The molecule has 4 heteroatoms. The molecule has 51 heavy (non-hydrogen) atoms. The van der Waals surface area contributed by atoms with Crippen LogP contribution < -0.4 is 4.74 Å². The van der Waals surface area contributed by atoms with Gasteiger partial charge in [-0.25, -0.2) is 15.0 Å². The van der Waals surface area contributed by atoms with Gasteiger partial charge in [0.25, 0.3) is 0 Å². The maximum absolute atomic E-state index is 6.61. The summed E-state index contributed by atoms with van der Waals surface area (Å²) in [6.07, 6.45) is 0. The highest BCUT2D eigenvalue weighted by atomic mass is 16.5. The van der Waals surface area contributed by atoms with Gasteiger partial charge < -0.3 is 4.74 Å². The lowest BCUT2D eigenvalue weighted by molar-refractivity contribution is 0.487. The Kier molecular flexibility index (Phi) is 6.78. The maximum atomic E-state index is 6.61. The number of rotatable bonds is 5. The van der Waals surface area contributed by atoms with Crippen LogP contribution >= 0.6 is 0 Å². The molecule has 2 heterocycles. The largest absolute Gasteiger partial charge is 0.456 e. The van der Waals surface area contributed by atoms with Crippen LogP contribution in [0.15, 0.2) is 176 Å². The monoisotopic (exact) mass is 651 g/mol. The van der Waals surface area contributed by atoms with E-state index < -0.39 is 0 Å². The van der Waals surface area contributed by atoms with Gasteiger partial charge in [0.15, 0.2) is 17.5 Å². The molecule has 0 spiro atoms. The first-order valence-electron chi connectivity index (χ1n) is 17.1. The molecule has 0 atom stereocenters. The minimum Gasteiger partial charge on any atom is -0.456 e. The summed E-state index contributed by atoms with van der Waals surface area (Å²) < 4.78 is 6.61. The highest BCUT2D eigenvalue weighted by Gasteiger charge is 2.23. The van der Waals surface area contributed by atoms with Crippen molar-refractivity contribution < 1.29 is 4.74 Å². The van der Waals surface area contributed by atoms with Crippen LogP contribution in [0.2, 0.25) is 0 Å². The van der Waals surface area contributed by atoms with Gasteiger partial charge in [-0.3, -0.25) is 0 Å². The molecule has 1 aliphatic heterocycles. The smallest absolute Gasteiger partial charge is 0.164 e. The number of nitrogens with zero attached hydrogens (tertiary/aromatic N) is 3. The summed E-state index contributed by atoms with van der Waals surface area (Å²) in [5, 5.41) is 4.38. The van der Waals surface area contributed by atoms with Gasteiger partial charge in [0.05, 0.1) is 0 Å². The van der Waals surface area contributed by atoms with E-state index in [0.717, 1.165) is 72.0 Å². The molecular weight excluding hydrogens is 623 g/mol. The lowest BCUT2D eigenvalue weighted by Crippen LogP contribution is -2.02. The number of hydrogen-bond acceptors (Lipinski definition) is 4. The molecule has 10 rings (SSSR count). The van der Waals surface area contributed by atoms with Crippen molar-refractivity contribution in [3.05, 3.63) is 176 Å². The van der Waals surface area contributed by atoms with E-state index in [0.29, 0.717) is 17.5 Å². The topological polar surface area (TPSA) is 47.9 Å². The van der Waals surface area contributed by atoms with Crippen molar-refractivity contribution in [2.75, 3.05) is 0 Å². The van der Waals surface area contributed by atoms with Gasteiger partial charge in [-0.2, -0.15) is 0 Å². The number of benzene rings is 8. The SMILES string of the molecule is c1ccc(-c2ccc3c(c2)Oc2ccc(-c4nc(-c5ccccc5)nc(-c5ccc6cc(-c7ccccc7)ccc6c5)n4)c4cccc-3c24)cc1. The summed E-state index contributed by atoms with van der Waals surface area (Å²) >= 11 is 0. The summed E-state index contributed by atoms with van der Waals surface area (Å²) in [6, 6.07) is 61.0. The molecule has 1 aliphatic rings. The summed E-state index contributed by atoms with van der Waals surface area (Å²) in [5.41, 5.74) is 9.67. The average Bonchev–Trinajstić information content (AvgIpc) is 3.21. The highest BCUT2D eigenvalue weighted by molar-refractivity contribution is 6.09. The van der Waals surface area contributed by atoms with Crippen LogP contribution in [0.4, 0.5) is 0 Å². The third-order valence-corrected chi connectivity index (χ3v) is 9.72. The first-order chi connectivity index (χ1) is 25.2. The predicted molar refractivity (Wildman–Crippen MR) is 208 cm³/mol. The first kappa shape index (κ1) is 29.0. The van der Waals surface area contributed by atoms with Gasteiger partial charge >= 0.3 is 0 Å². The van der Waals surface area contributed by atoms with Crippen molar-refractivity contribution in [3.63, 3.8) is 0 Å². The second-order valence-corrected chi connectivity index (χ2v) is 12.8. The lowest BCUT2D eigenvalue weighted by Gasteiger charge is -2.23. The van der Waals surface area contributed by atoms with E-state index in [-0.39, 0.29) is 0 Å². The van der Waals surface area contributed by atoms with Gasteiger partial charge in [0.1, 0.15) is 11.5 Å². The van der Waals surface area contributed by atoms with E-state index >= 15 is 0 Å². The number of fused-ring (bicyclic) bond motifs is 3. The van der Waals surface area contributed by atoms with E-state index in [1.165, 1.54) is 11.1 Å². The fraction of sp³-hybridized carbons (Fsp3) is 0. The minimum absolute atomic E-state index is 0.618. The lowest BCUT2D eigenvalue weighted by atomic mass is 9.91. The second kappa shape index (κ2) is 11.9. The zero-order valence-electron chi connectivity index (χ0n) is 27.5. The Hall–Kier alpha value is -6.91. The molecule has 238 valence electrons. The summed E-state index contributed by atoms with van der Waals surface area (Å²) in [5.74, 6) is 3.55. The van der Waals surface area contributed by atoms with E-state index in [2.05, 4.69) is 127 Å². The van der Waals surface area contributed by atoms with Crippen LogP contribution in [0.1, 0.15) is 0 Å². The van der Waals surface area contributed by atoms with Gasteiger partial charge in [-0.15, -0.1) is 0 Å². The maximum Gasteiger partial charge on any atom is 0.164 e. The van der Waals surface area contributed by atoms with E-state index in [4.69, 9.17) is 19.7 Å². The Labute approximate surface area is 295 Å². The Bertz CT molecular complexity index is 2760. The molecule has 9 aromatic rings. The molecule has 0 aliphatic carbocycles. The minimum atomic E-state index is 0.618. The fourth-order valence-corrected chi connectivity index (χ4v) is 7.17. The molecular formula is C47H29N3O. The normalized spacial score (nSPS) is 11.7. The number of hydrogen-bond donors (Lipinski definition) is 0. The molecule has 4 nitrogen and oxygen atoms in total. The zero-order chi connectivity index (χ0) is 33.7. The standard InChI is InChI=1S/C47H29N3O/c1-4-11-30(12-5-1)33-19-20-35-28-37(22-21-34(35)27-33)46-48-45(32-15-8-3-9-16-32)49-47(50-46)41-25-26-42-44-39(17-10-18-40(41)44)38-24-23-36(29-43(38)51-42)31-13-6-2-7-14-31/h1-29H.